The summed E-state index contributed by atoms with van der Waals surface area (Å²) >= 11 is 0. The minimum Gasteiger partial charge on any atom is -0.496 e. The number of ether oxygens (including phenoxy) is 2. The lowest BCUT2D eigenvalue weighted by Crippen LogP contribution is -2.50. The number of carboxylic acid groups (broad SMARTS) is 1. The molecule has 3 N–H and O–H groups in total. The molecule has 0 aliphatic heterocycles. The molecule has 0 unspecified atom stereocenters. The first-order chi connectivity index (χ1) is 18.1. The number of carbonyl (C=O) groups excluding carboxylic acids is 2. The summed E-state index contributed by atoms with van der Waals surface area (Å²) in [4.78, 5) is 38.2. The zero-order chi connectivity index (χ0) is 27.2. The molecular weight excluding hydrogens is 486 g/mol. The number of benzene rings is 1. The lowest BCUT2D eigenvalue weighted by atomic mass is 9.68. The van der Waals surface area contributed by atoms with Crippen LogP contribution in [0.3, 0.4) is 0 Å². The Morgan fingerprint density at radius 2 is 1.84 bits per heavy atom. The molecular formula is C29H35N3O6. The molecule has 1 aromatic carbocycles. The van der Waals surface area contributed by atoms with E-state index in [2.05, 4.69) is 35.8 Å². The van der Waals surface area contributed by atoms with Crippen LogP contribution in [-0.2, 0) is 9.59 Å². The van der Waals surface area contributed by atoms with Gasteiger partial charge in [0.05, 0.1) is 29.6 Å². The third kappa shape index (κ3) is 4.61. The van der Waals surface area contributed by atoms with Gasteiger partial charge in [-0.3, -0.25) is 14.4 Å². The lowest BCUT2D eigenvalue weighted by molar-refractivity contribution is -0.159. The number of amides is 2. The predicted molar refractivity (Wildman–Crippen MR) is 138 cm³/mol. The van der Waals surface area contributed by atoms with Crippen molar-refractivity contribution in [1.29, 1.82) is 5.26 Å². The fraction of sp³-hybridized carbons (Fsp3) is 0.586. The molecule has 5 rings (SSSR count). The molecule has 1 aromatic rings. The molecule has 202 valence electrons. The molecule has 4 aliphatic rings. The van der Waals surface area contributed by atoms with Gasteiger partial charge in [0, 0.05) is 31.5 Å². The summed E-state index contributed by atoms with van der Waals surface area (Å²) in [6.45, 7) is 4.51. The normalized spacial score (nSPS) is 31.9. The molecule has 3 fully saturated rings. The SMILES string of the molecule is COc1cc(C#N)c(O[C@H]2C[C@@](C)(C(=O)O)C2)cc1C(=O)N[C@H]1[C@@H](C(=O)NCC2(C)CCC2)[C@@H]2C=C[C@H]1C2. The van der Waals surface area contributed by atoms with E-state index in [1.807, 2.05) is 0 Å². The summed E-state index contributed by atoms with van der Waals surface area (Å²) in [6, 6.07) is 4.67. The van der Waals surface area contributed by atoms with Crippen molar-refractivity contribution in [3.05, 3.63) is 35.4 Å². The zero-order valence-corrected chi connectivity index (χ0v) is 22.1. The smallest absolute Gasteiger partial charge is 0.309 e. The molecule has 0 heterocycles. The van der Waals surface area contributed by atoms with Crippen LogP contribution < -0.4 is 20.1 Å². The second kappa shape index (κ2) is 9.64. The van der Waals surface area contributed by atoms with Crippen LogP contribution in [0.4, 0.5) is 0 Å². The Bertz CT molecular complexity index is 1220. The summed E-state index contributed by atoms with van der Waals surface area (Å²) in [6.07, 6.45) is 8.67. The number of nitrogens with one attached hydrogen (secondary N) is 2. The first-order valence-corrected chi connectivity index (χ1v) is 13.3. The van der Waals surface area contributed by atoms with Crippen LogP contribution in [0.25, 0.3) is 0 Å². The lowest BCUT2D eigenvalue weighted by Gasteiger charge is -2.41. The first-order valence-electron chi connectivity index (χ1n) is 13.3. The second-order valence-corrected chi connectivity index (χ2v) is 12.0. The van der Waals surface area contributed by atoms with Gasteiger partial charge in [-0.2, -0.15) is 5.26 Å². The van der Waals surface area contributed by atoms with Crippen molar-refractivity contribution in [2.45, 2.75) is 64.5 Å². The van der Waals surface area contributed by atoms with Gasteiger partial charge in [-0.25, -0.2) is 0 Å². The molecule has 4 aliphatic carbocycles. The van der Waals surface area contributed by atoms with Gasteiger partial charge in [-0.1, -0.05) is 25.5 Å². The van der Waals surface area contributed by atoms with Gasteiger partial charge in [-0.15, -0.1) is 0 Å². The fourth-order valence-electron chi connectivity index (χ4n) is 6.45. The number of nitriles is 1. The number of rotatable bonds is 9. The Kier molecular flexibility index (Phi) is 6.62. The molecule has 2 bridgehead atoms. The maximum atomic E-state index is 13.5. The van der Waals surface area contributed by atoms with E-state index in [-0.39, 0.29) is 63.8 Å². The van der Waals surface area contributed by atoms with Gasteiger partial charge < -0.3 is 25.2 Å². The van der Waals surface area contributed by atoms with Crippen LogP contribution in [0.2, 0.25) is 0 Å². The number of fused-ring (bicyclic) bond motifs is 2. The van der Waals surface area contributed by atoms with Crippen LogP contribution >= 0.6 is 0 Å². The van der Waals surface area contributed by atoms with Gasteiger partial charge in [0.25, 0.3) is 5.91 Å². The summed E-state index contributed by atoms with van der Waals surface area (Å²) in [7, 11) is 1.43. The minimum atomic E-state index is -0.882. The van der Waals surface area contributed by atoms with Gasteiger partial charge in [0.15, 0.2) is 0 Å². The van der Waals surface area contributed by atoms with Gasteiger partial charge in [-0.05, 0) is 49.5 Å². The Hall–Kier alpha value is -3.54. The van der Waals surface area contributed by atoms with Crippen molar-refractivity contribution in [1.82, 2.24) is 10.6 Å². The summed E-state index contributed by atoms with van der Waals surface area (Å²) in [5, 5.41) is 25.3. The number of aliphatic carboxylic acids is 1. The molecule has 9 heteroatoms. The molecule has 4 atom stereocenters. The van der Waals surface area contributed by atoms with E-state index in [4.69, 9.17) is 9.47 Å². The van der Waals surface area contributed by atoms with Gasteiger partial charge >= 0.3 is 5.97 Å². The quantitative estimate of drug-likeness (QED) is 0.423. The molecule has 2 amide bonds. The Labute approximate surface area is 222 Å². The number of hydrogen-bond acceptors (Lipinski definition) is 6. The van der Waals surface area contributed by atoms with Crippen molar-refractivity contribution < 1.29 is 29.0 Å². The number of carbonyl (C=O) groups is 3. The number of hydrogen-bond donors (Lipinski definition) is 3. The molecule has 0 aromatic heterocycles. The van der Waals surface area contributed by atoms with Crippen LogP contribution in [0.5, 0.6) is 11.5 Å². The highest BCUT2D eigenvalue weighted by atomic mass is 16.5. The monoisotopic (exact) mass is 521 g/mol. The largest absolute Gasteiger partial charge is 0.496 e. The molecule has 0 saturated heterocycles. The van der Waals surface area contributed by atoms with Crippen molar-refractivity contribution in [3.8, 4) is 17.6 Å². The van der Waals surface area contributed by atoms with E-state index in [0.717, 1.165) is 19.3 Å². The first kappa shape index (κ1) is 26.1. The van der Waals surface area contributed by atoms with Gasteiger partial charge in [0.2, 0.25) is 5.91 Å². The summed E-state index contributed by atoms with van der Waals surface area (Å²) in [5.74, 6) is -1.06. The average Bonchev–Trinajstić information content (AvgIpc) is 3.46. The number of nitrogens with zero attached hydrogens (tertiary/aromatic N) is 1. The second-order valence-electron chi connectivity index (χ2n) is 12.0. The van der Waals surface area contributed by atoms with E-state index in [1.165, 1.54) is 25.7 Å². The Balaban J connectivity index is 1.32. The number of carboxylic acids is 1. The third-order valence-corrected chi connectivity index (χ3v) is 9.14. The van der Waals surface area contributed by atoms with Crippen molar-refractivity contribution in [2.24, 2.45) is 28.6 Å². The number of allylic oxidation sites excluding steroid dienone is 1. The maximum Gasteiger partial charge on any atom is 0.309 e. The van der Waals surface area contributed by atoms with E-state index >= 15 is 0 Å². The van der Waals surface area contributed by atoms with Crippen LogP contribution in [0.1, 0.15) is 68.3 Å². The highest BCUT2D eigenvalue weighted by molar-refractivity contribution is 5.98. The highest BCUT2D eigenvalue weighted by Gasteiger charge is 2.50. The maximum absolute atomic E-state index is 13.5. The number of methoxy groups -OCH3 is 1. The highest BCUT2D eigenvalue weighted by Crippen LogP contribution is 2.46. The van der Waals surface area contributed by atoms with E-state index in [0.29, 0.717) is 19.4 Å². The molecule has 0 spiro atoms. The fourth-order valence-corrected chi connectivity index (χ4v) is 6.45. The van der Waals surface area contributed by atoms with Crippen molar-refractivity contribution >= 4 is 17.8 Å². The molecule has 0 radical (unpaired) electrons. The van der Waals surface area contributed by atoms with Crippen molar-refractivity contribution in [2.75, 3.05) is 13.7 Å². The van der Waals surface area contributed by atoms with Crippen LogP contribution in [0, 0.1) is 39.9 Å². The van der Waals surface area contributed by atoms with E-state index in [9.17, 15) is 24.8 Å². The summed E-state index contributed by atoms with van der Waals surface area (Å²) < 4.78 is 11.4. The standard InChI is InChI=1S/C29H35N3O6/c1-28(7-4-8-28)15-31-26(34)23-16-5-6-17(9-16)24(23)32-25(33)20-11-21(18(14-30)10-22(20)37-3)38-19-12-29(2,13-19)27(35)36/h5-6,10-11,16-17,19,23-24H,4,7-9,12-13,15H2,1-3H3,(H,31,34)(H,32,33)(H,35,36)/t16-,17+,19-,23+,24-,29+/m1/s1. The Morgan fingerprint density at radius 3 is 2.45 bits per heavy atom. The molecule has 3 saturated carbocycles. The van der Waals surface area contributed by atoms with E-state index in [1.54, 1.807) is 6.92 Å². The van der Waals surface area contributed by atoms with E-state index < -0.39 is 17.3 Å². The van der Waals surface area contributed by atoms with Crippen LogP contribution in [-0.4, -0.2) is 48.7 Å². The Morgan fingerprint density at radius 1 is 1.13 bits per heavy atom. The van der Waals surface area contributed by atoms with Crippen LogP contribution in [0.15, 0.2) is 24.3 Å². The average molecular weight is 522 g/mol. The topological polar surface area (TPSA) is 138 Å². The van der Waals surface area contributed by atoms with Gasteiger partial charge in [0.1, 0.15) is 23.7 Å². The predicted octanol–water partition coefficient (Wildman–Crippen LogP) is 3.43. The third-order valence-electron chi connectivity index (χ3n) is 9.14. The zero-order valence-electron chi connectivity index (χ0n) is 22.1. The summed E-state index contributed by atoms with van der Waals surface area (Å²) in [5.41, 5.74) is -0.289. The minimum absolute atomic E-state index is 0.0254. The molecule has 9 nitrogen and oxygen atoms in total. The van der Waals surface area contributed by atoms with Crippen molar-refractivity contribution in [3.63, 3.8) is 0 Å². The molecule has 38 heavy (non-hydrogen) atoms.